The molecule has 0 aromatic heterocycles. The smallest absolute Gasteiger partial charge is 0.188 e. The second kappa shape index (κ2) is 11.3. The first-order valence-corrected chi connectivity index (χ1v) is 10.3. The van der Waals surface area contributed by atoms with Gasteiger partial charge in [0.05, 0.1) is 6.54 Å². The summed E-state index contributed by atoms with van der Waals surface area (Å²) in [5.74, 6) is 1.93. The van der Waals surface area contributed by atoms with Gasteiger partial charge in [-0.25, -0.2) is 0 Å². The van der Waals surface area contributed by atoms with Crippen LogP contribution in [0.15, 0.2) is 35.3 Å². The van der Waals surface area contributed by atoms with Gasteiger partial charge in [-0.3, -0.25) is 9.89 Å². The Labute approximate surface area is 173 Å². The topological polar surface area (TPSA) is 53.6 Å². The van der Waals surface area contributed by atoms with Gasteiger partial charge in [-0.2, -0.15) is 11.8 Å². The van der Waals surface area contributed by atoms with Crippen LogP contribution in [0.1, 0.15) is 37.7 Å². The van der Waals surface area contributed by atoms with E-state index in [0.29, 0.717) is 17.3 Å². The van der Waals surface area contributed by atoms with E-state index in [1.165, 1.54) is 30.6 Å². The third-order valence-corrected chi connectivity index (χ3v) is 6.31. The maximum Gasteiger partial charge on any atom is 0.188 e. The van der Waals surface area contributed by atoms with Crippen LogP contribution in [0.4, 0.5) is 0 Å². The van der Waals surface area contributed by atoms with Crippen LogP contribution in [0.25, 0.3) is 0 Å². The van der Waals surface area contributed by atoms with Gasteiger partial charge in [0.25, 0.3) is 0 Å². The van der Waals surface area contributed by atoms with Crippen molar-refractivity contribution in [1.29, 1.82) is 0 Å². The lowest BCUT2D eigenvalue weighted by atomic mass is 10.0. The van der Waals surface area contributed by atoms with Crippen LogP contribution in [-0.2, 0) is 6.54 Å². The number of benzene rings is 1. The van der Waals surface area contributed by atoms with E-state index < -0.39 is 0 Å². The molecule has 0 radical (unpaired) electrons. The summed E-state index contributed by atoms with van der Waals surface area (Å²) in [6.07, 6.45) is 6.28. The van der Waals surface area contributed by atoms with Crippen molar-refractivity contribution in [3.63, 3.8) is 0 Å². The average molecular weight is 474 g/mol. The lowest BCUT2D eigenvalue weighted by molar-refractivity contribution is 0.199. The number of rotatable bonds is 5. The average Bonchev–Trinajstić information content (AvgIpc) is 2.63. The number of hydrogen-bond acceptors (Lipinski definition) is 3. The van der Waals surface area contributed by atoms with E-state index in [-0.39, 0.29) is 24.0 Å². The highest BCUT2D eigenvalue weighted by Gasteiger charge is 2.20. The number of halogens is 1. The molecule has 3 N–H and O–H groups in total. The van der Waals surface area contributed by atoms with Crippen molar-refractivity contribution in [3.05, 3.63) is 35.9 Å². The Balaban J connectivity index is 0.00000225. The summed E-state index contributed by atoms with van der Waals surface area (Å²) in [6.45, 7) is 4.17. The van der Waals surface area contributed by atoms with Crippen LogP contribution < -0.4 is 11.1 Å². The monoisotopic (exact) mass is 474 g/mol. The van der Waals surface area contributed by atoms with Gasteiger partial charge in [-0.1, -0.05) is 36.8 Å². The third kappa shape index (κ3) is 7.35. The van der Waals surface area contributed by atoms with E-state index in [2.05, 4.69) is 57.3 Å². The molecule has 2 heterocycles. The van der Waals surface area contributed by atoms with Gasteiger partial charge < -0.3 is 11.1 Å². The molecule has 2 fully saturated rings. The number of nitrogens with one attached hydrogen (secondary N) is 1. The molecule has 0 saturated carbocycles. The SMILES string of the molecule is I.NC(=NCC1CCCCS1)NC1CCN(Cc2ccccc2)CC1. The summed E-state index contributed by atoms with van der Waals surface area (Å²) >= 11 is 2.06. The molecule has 6 heteroatoms. The fourth-order valence-corrected chi connectivity index (χ4v) is 4.70. The zero-order valence-corrected chi connectivity index (χ0v) is 18.0. The van der Waals surface area contributed by atoms with Crippen LogP contribution in [0.3, 0.4) is 0 Å². The van der Waals surface area contributed by atoms with Crippen molar-refractivity contribution < 1.29 is 0 Å². The Kier molecular flexibility index (Phi) is 9.41. The molecule has 140 valence electrons. The molecule has 1 aromatic rings. The Bertz CT molecular complexity index is 511. The Hall–Kier alpha value is -0.470. The summed E-state index contributed by atoms with van der Waals surface area (Å²) in [6, 6.07) is 11.2. The predicted molar refractivity (Wildman–Crippen MR) is 120 cm³/mol. The minimum absolute atomic E-state index is 0. The highest BCUT2D eigenvalue weighted by Crippen LogP contribution is 2.25. The number of nitrogens with two attached hydrogens (primary N) is 1. The first-order valence-electron chi connectivity index (χ1n) is 9.24. The summed E-state index contributed by atoms with van der Waals surface area (Å²) in [5, 5.41) is 4.11. The Morgan fingerprint density at radius 1 is 1.16 bits per heavy atom. The summed E-state index contributed by atoms with van der Waals surface area (Å²) in [4.78, 5) is 7.10. The van der Waals surface area contributed by atoms with E-state index in [9.17, 15) is 0 Å². The predicted octanol–water partition coefficient (Wildman–Crippen LogP) is 3.46. The van der Waals surface area contributed by atoms with Gasteiger partial charge >= 0.3 is 0 Å². The molecule has 2 aliphatic heterocycles. The molecule has 0 aliphatic carbocycles. The number of aliphatic imine (C=N–C) groups is 1. The van der Waals surface area contributed by atoms with Gasteiger partial charge in [0.15, 0.2) is 5.96 Å². The van der Waals surface area contributed by atoms with Crippen LogP contribution in [0.2, 0.25) is 0 Å². The van der Waals surface area contributed by atoms with E-state index in [1.54, 1.807) is 0 Å². The fourth-order valence-electron chi connectivity index (χ4n) is 3.48. The normalized spacial score (nSPS) is 23.0. The number of guanidine groups is 1. The molecular weight excluding hydrogens is 443 g/mol. The molecule has 4 nitrogen and oxygen atoms in total. The third-order valence-electron chi connectivity index (χ3n) is 4.93. The lowest BCUT2D eigenvalue weighted by Gasteiger charge is -2.32. The number of hydrogen-bond donors (Lipinski definition) is 2. The maximum atomic E-state index is 6.10. The van der Waals surface area contributed by atoms with Crippen molar-refractivity contribution >= 4 is 41.7 Å². The standard InChI is InChI=1S/C19H30N4S.HI/c20-19(21-14-18-8-4-5-13-24-18)22-17-9-11-23(12-10-17)15-16-6-2-1-3-7-16;/h1-3,6-7,17-18H,4-5,8-15H2,(H3,20,21,22);1H. The molecule has 1 aromatic carbocycles. The molecular formula is C19H31IN4S. The van der Waals surface area contributed by atoms with Gasteiger partial charge in [0.2, 0.25) is 0 Å². The van der Waals surface area contributed by atoms with Gasteiger partial charge in [0.1, 0.15) is 0 Å². The molecule has 2 aliphatic rings. The molecule has 2 saturated heterocycles. The number of thioether (sulfide) groups is 1. The summed E-state index contributed by atoms with van der Waals surface area (Å²) in [7, 11) is 0. The molecule has 25 heavy (non-hydrogen) atoms. The fraction of sp³-hybridized carbons (Fsp3) is 0.632. The van der Waals surface area contributed by atoms with Crippen molar-refractivity contribution in [2.45, 2.75) is 49.9 Å². The highest BCUT2D eigenvalue weighted by molar-refractivity contribution is 14.0. The molecule has 3 rings (SSSR count). The van der Waals surface area contributed by atoms with Crippen LogP contribution >= 0.6 is 35.7 Å². The van der Waals surface area contributed by atoms with Crippen molar-refractivity contribution in [3.8, 4) is 0 Å². The van der Waals surface area contributed by atoms with Gasteiger partial charge in [-0.15, -0.1) is 24.0 Å². The molecule has 1 unspecified atom stereocenters. The van der Waals surface area contributed by atoms with Crippen LogP contribution in [0, 0.1) is 0 Å². The minimum atomic E-state index is 0. The molecule has 1 atom stereocenters. The molecule has 0 spiro atoms. The summed E-state index contributed by atoms with van der Waals surface area (Å²) in [5.41, 5.74) is 7.49. The van der Waals surface area contributed by atoms with E-state index >= 15 is 0 Å². The first kappa shape index (κ1) is 20.8. The van der Waals surface area contributed by atoms with E-state index in [4.69, 9.17) is 5.73 Å². The first-order chi connectivity index (χ1) is 11.8. The number of nitrogens with zero attached hydrogens (tertiary/aromatic N) is 2. The minimum Gasteiger partial charge on any atom is -0.370 e. The molecule has 0 amide bonds. The van der Waals surface area contributed by atoms with Crippen LogP contribution in [0.5, 0.6) is 0 Å². The quantitative estimate of drug-likeness (QED) is 0.390. The number of piperidine rings is 1. The van der Waals surface area contributed by atoms with Gasteiger partial charge in [0, 0.05) is 30.9 Å². The Morgan fingerprint density at radius 3 is 2.60 bits per heavy atom. The van der Waals surface area contributed by atoms with Crippen LogP contribution in [-0.4, -0.2) is 47.5 Å². The lowest BCUT2D eigenvalue weighted by Crippen LogP contribution is -2.47. The second-order valence-corrected chi connectivity index (χ2v) is 8.30. The zero-order valence-electron chi connectivity index (χ0n) is 14.9. The van der Waals surface area contributed by atoms with E-state index in [0.717, 1.165) is 39.0 Å². The van der Waals surface area contributed by atoms with Crippen molar-refractivity contribution in [1.82, 2.24) is 10.2 Å². The van der Waals surface area contributed by atoms with Gasteiger partial charge in [-0.05, 0) is 37.0 Å². The second-order valence-electron chi connectivity index (χ2n) is 6.89. The molecule has 0 bridgehead atoms. The van der Waals surface area contributed by atoms with Crippen molar-refractivity contribution in [2.75, 3.05) is 25.4 Å². The van der Waals surface area contributed by atoms with Crippen molar-refractivity contribution in [2.24, 2.45) is 10.7 Å². The largest absolute Gasteiger partial charge is 0.370 e. The maximum absolute atomic E-state index is 6.10. The summed E-state index contributed by atoms with van der Waals surface area (Å²) < 4.78 is 0. The Morgan fingerprint density at radius 2 is 1.92 bits per heavy atom. The zero-order chi connectivity index (χ0) is 16.6. The number of likely N-dealkylation sites (tertiary alicyclic amines) is 1. The van der Waals surface area contributed by atoms with E-state index in [1.807, 2.05) is 0 Å². The highest BCUT2D eigenvalue weighted by atomic mass is 127.